The van der Waals surface area contributed by atoms with Crippen molar-refractivity contribution < 1.29 is 4.79 Å². The molecule has 7 heteroatoms. The van der Waals surface area contributed by atoms with Crippen molar-refractivity contribution in [2.24, 2.45) is 0 Å². The van der Waals surface area contributed by atoms with Crippen LogP contribution in [0.2, 0.25) is 10.0 Å². The second-order valence-corrected chi connectivity index (χ2v) is 6.60. The van der Waals surface area contributed by atoms with Gasteiger partial charge in [0, 0.05) is 10.6 Å². The molecule has 2 N–H and O–H groups in total. The van der Waals surface area contributed by atoms with Crippen molar-refractivity contribution in [3.05, 3.63) is 46.1 Å². The van der Waals surface area contributed by atoms with Crippen molar-refractivity contribution in [1.82, 2.24) is 10.2 Å². The van der Waals surface area contributed by atoms with Crippen LogP contribution in [0.15, 0.2) is 30.3 Å². The number of halogens is 2. The molecule has 0 radical (unpaired) electrons. The molecule has 1 aromatic heterocycles. The summed E-state index contributed by atoms with van der Waals surface area (Å²) in [5, 5.41) is 14.6. The Balaban J connectivity index is 2.11. The Bertz CT molecular complexity index is 681. The number of benzene rings is 1. The third-order valence-corrected chi connectivity index (χ3v) is 3.14. The van der Waals surface area contributed by atoms with Gasteiger partial charge in [0.1, 0.15) is 5.82 Å². The molecule has 0 bridgehead atoms. The quantitative estimate of drug-likeness (QED) is 0.877. The first kappa shape index (κ1) is 16.5. The van der Waals surface area contributed by atoms with Crippen molar-refractivity contribution in [2.45, 2.75) is 26.3 Å². The van der Waals surface area contributed by atoms with Gasteiger partial charge in [-0.3, -0.25) is 4.79 Å². The van der Waals surface area contributed by atoms with E-state index in [1.54, 1.807) is 30.3 Å². The van der Waals surface area contributed by atoms with Gasteiger partial charge in [0.05, 0.1) is 10.7 Å². The van der Waals surface area contributed by atoms with Crippen LogP contribution in [0, 0.1) is 0 Å². The first-order chi connectivity index (χ1) is 10.2. The van der Waals surface area contributed by atoms with Gasteiger partial charge in [-0.1, -0.05) is 23.2 Å². The molecule has 0 unspecified atom stereocenters. The normalized spacial score (nSPS) is 11.1. The summed E-state index contributed by atoms with van der Waals surface area (Å²) >= 11 is 11.9. The number of hydrogen-bond donors (Lipinski definition) is 2. The van der Waals surface area contributed by atoms with Gasteiger partial charge in [0.25, 0.3) is 5.91 Å². The predicted molar refractivity (Wildman–Crippen MR) is 89.8 cm³/mol. The fourth-order valence-electron chi connectivity index (χ4n) is 1.68. The topological polar surface area (TPSA) is 66.9 Å². The van der Waals surface area contributed by atoms with Crippen LogP contribution >= 0.6 is 23.2 Å². The van der Waals surface area contributed by atoms with E-state index in [0.717, 1.165) is 0 Å². The number of nitrogens with one attached hydrogen (secondary N) is 2. The molecule has 1 heterocycles. The molecule has 1 aromatic carbocycles. The average Bonchev–Trinajstić information content (AvgIpc) is 2.42. The SMILES string of the molecule is CC(C)(C)Nc1ccc(C(=O)Nc2cc(Cl)ccc2Cl)nn1. The molecule has 0 aliphatic carbocycles. The third kappa shape index (κ3) is 4.58. The number of nitrogens with zero attached hydrogens (tertiary/aromatic N) is 2. The standard InChI is InChI=1S/C15H16Cl2N4O/c1-15(2,3)19-13-7-6-11(20-21-13)14(22)18-12-8-9(16)4-5-10(12)17/h4-8H,1-3H3,(H,18,22)(H,19,21). The summed E-state index contributed by atoms with van der Waals surface area (Å²) in [5.74, 6) is 0.198. The van der Waals surface area contributed by atoms with Gasteiger partial charge >= 0.3 is 0 Å². The highest BCUT2D eigenvalue weighted by Gasteiger charge is 2.13. The molecule has 1 amide bonds. The second-order valence-electron chi connectivity index (χ2n) is 5.76. The van der Waals surface area contributed by atoms with Gasteiger partial charge in [-0.25, -0.2) is 0 Å². The minimum absolute atomic E-state index is 0.132. The molecule has 0 fully saturated rings. The highest BCUT2D eigenvalue weighted by atomic mass is 35.5. The van der Waals surface area contributed by atoms with Crippen molar-refractivity contribution >= 4 is 40.6 Å². The molecule has 0 saturated heterocycles. The molecule has 0 spiro atoms. The predicted octanol–water partition coefficient (Wildman–Crippen LogP) is 4.25. The van der Waals surface area contributed by atoms with E-state index in [-0.39, 0.29) is 11.2 Å². The number of aromatic nitrogens is 2. The van der Waals surface area contributed by atoms with Crippen LogP contribution in [-0.2, 0) is 0 Å². The van der Waals surface area contributed by atoms with E-state index in [1.165, 1.54) is 0 Å². The molecule has 0 aliphatic heterocycles. The zero-order valence-corrected chi connectivity index (χ0v) is 14.0. The number of carbonyl (C=O) groups excluding carboxylic acids is 1. The van der Waals surface area contributed by atoms with E-state index in [2.05, 4.69) is 20.8 Å². The van der Waals surface area contributed by atoms with E-state index in [1.807, 2.05) is 20.8 Å². The Morgan fingerprint density at radius 3 is 2.41 bits per heavy atom. The Labute approximate surface area is 139 Å². The van der Waals surface area contributed by atoms with E-state index in [4.69, 9.17) is 23.2 Å². The Morgan fingerprint density at radius 2 is 1.82 bits per heavy atom. The average molecular weight is 339 g/mol. The largest absolute Gasteiger partial charge is 0.364 e. The van der Waals surface area contributed by atoms with Crippen LogP contribution in [0.4, 0.5) is 11.5 Å². The number of amides is 1. The van der Waals surface area contributed by atoms with E-state index >= 15 is 0 Å². The lowest BCUT2D eigenvalue weighted by molar-refractivity contribution is 0.102. The monoisotopic (exact) mass is 338 g/mol. The highest BCUT2D eigenvalue weighted by molar-refractivity contribution is 6.35. The van der Waals surface area contributed by atoms with Crippen molar-refractivity contribution in [2.75, 3.05) is 10.6 Å². The van der Waals surface area contributed by atoms with Crippen LogP contribution in [0.25, 0.3) is 0 Å². The molecular formula is C15H16Cl2N4O. The number of hydrogen-bond acceptors (Lipinski definition) is 4. The molecule has 2 rings (SSSR count). The Hall–Kier alpha value is -1.85. The molecule has 0 atom stereocenters. The van der Waals surface area contributed by atoms with Crippen LogP contribution in [-0.4, -0.2) is 21.6 Å². The van der Waals surface area contributed by atoms with E-state index < -0.39 is 5.91 Å². The van der Waals surface area contributed by atoms with Gasteiger partial charge in [0.15, 0.2) is 5.69 Å². The van der Waals surface area contributed by atoms with E-state index in [9.17, 15) is 4.79 Å². The van der Waals surface area contributed by atoms with E-state index in [0.29, 0.717) is 21.6 Å². The molecule has 2 aromatic rings. The lowest BCUT2D eigenvalue weighted by Gasteiger charge is -2.20. The van der Waals surface area contributed by atoms with Crippen LogP contribution in [0.3, 0.4) is 0 Å². The second kappa shape index (κ2) is 6.50. The maximum atomic E-state index is 12.1. The van der Waals surface area contributed by atoms with Crippen molar-refractivity contribution in [1.29, 1.82) is 0 Å². The van der Waals surface area contributed by atoms with Crippen molar-refractivity contribution in [3.63, 3.8) is 0 Å². The summed E-state index contributed by atoms with van der Waals surface area (Å²) in [6.45, 7) is 6.03. The molecule has 116 valence electrons. The summed E-state index contributed by atoms with van der Waals surface area (Å²) in [7, 11) is 0. The van der Waals surface area contributed by atoms with Crippen molar-refractivity contribution in [3.8, 4) is 0 Å². The Morgan fingerprint density at radius 1 is 1.09 bits per heavy atom. The zero-order chi connectivity index (χ0) is 16.3. The Kier molecular flexibility index (Phi) is 4.88. The van der Waals surface area contributed by atoms with Gasteiger partial charge in [-0.2, -0.15) is 0 Å². The lowest BCUT2D eigenvalue weighted by atomic mass is 10.1. The number of anilines is 2. The first-order valence-electron chi connectivity index (χ1n) is 6.63. The third-order valence-electron chi connectivity index (χ3n) is 2.58. The first-order valence-corrected chi connectivity index (χ1v) is 7.38. The maximum absolute atomic E-state index is 12.1. The summed E-state index contributed by atoms with van der Waals surface area (Å²) < 4.78 is 0. The summed E-state index contributed by atoms with van der Waals surface area (Å²) in [4.78, 5) is 12.1. The van der Waals surface area contributed by atoms with Crippen LogP contribution < -0.4 is 10.6 Å². The maximum Gasteiger partial charge on any atom is 0.276 e. The fourth-order valence-corrected chi connectivity index (χ4v) is 2.02. The molecule has 22 heavy (non-hydrogen) atoms. The molecule has 0 saturated carbocycles. The lowest BCUT2D eigenvalue weighted by Crippen LogP contribution is -2.27. The number of rotatable bonds is 3. The van der Waals surface area contributed by atoms with Crippen LogP contribution in [0.1, 0.15) is 31.3 Å². The number of carbonyl (C=O) groups is 1. The summed E-state index contributed by atoms with van der Waals surface area (Å²) in [6, 6.07) is 8.13. The molecule has 5 nitrogen and oxygen atoms in total. The smallest absolute Gasteiger partial charge is 0.276 e. The van der Waals surface area contributed by atoms with Gasteiger partial charge in [-0.15, -0.1) is 10.2 Å². The van der Waals surface area contributed by atoms with Crippen LogP contribution in [0.5, 0.6) is 0 Å². The fraction of sp³-hybridized carbons (Fsp3) is 0.267. The summed E-state index contributed by atoms with van der Waals surface area (Å²) in [5.41, 5.74) is 0.487. The van der Waals surface area contributed by atoms with Gasteiger partial charge in [-0.05, 0) is 51.1 Å². The minimum Gasteiger partial charge on any atom is -0.364 e. The van der Waals surface area contributed by atoms with Gasteiger partial charge in [0.2, 0.25) is 0 Å². The highest BCUT2D eigenvalue weighted by Crippen LogP contribution is 2.25. The minimum atomic E-state index is -0.404. The molecule has 0 aliphatic rings. The van der Waals surface area contributed by atoms with Gasteiger partial charge < -0.3 is 10.6 Å². The molecular weight excluding hydrogens is 323 g/mol. The summed E-state index contributed by atoms with van der Waals surface area (Å²) in [6.07, 6.45) is 0. The zero-order valence-electron chi connectivity index (χ0n) is 12.4.